The predicted molar refractivity (Wildman–Crippen MR) is 63.3 cm³/mol. The van der Waals surface area contributed by atoms with Crippen molar-refractivity contribution in [1.82, 2.24) is 15.1 Å². The number of halogens is 1. The fourth-order valence-corrected chi connectivity index (χ4v) is 2.16. The molecule has 96 valence electrons. The second-order valence-electron chi connectivity index (χ2n) is 4.44. The molecule has 0 radical (unpaired) electrons. The van der Waals surface area contributed by atoms with Gasteiger partial charge in [0.15, 0.2) is 0 Å². The van der Waals surface area contributed by atoms with Crippen LogP contribution in [0.4, 0.5) is 4.39 Å². The van der Waals surface area contributed by atoms with E-state index in [0.717, 1.165) is 31.7 Å². The van der Waals surface area contributed by atoms with Crippen LogP contribution in [-0.4, -0.2) is 29.0 Å². The van der Waals surface area contributed by atoms with E-state index in [1.165, 1.54) is 4.68 Å². The van der Waals surface area contributed by atoms with Crippen LogP contribution in [0, 0.1) is 12.9 Å². The highest BCUT2D eigenvalue weighted by molar-refractivity contribution is 5.17. The van der Waals surface area contributed by atoms with Crippen molar-refractivity contribution in [3.8, 4) is 0 Å². The molecule has 17 heavy (non-hydrogen) atoms. The third kappa shape index (κ3) is 2.84. The highest BCUT2D eigenvalue weighted by Gasteiger charge is 2.17. The van der Waals surface area contributed by atoms with Crippen LogP contribution in [0.1, 0.15) is 31.0 Å². The van der Waals surface area contributed by atoms with E-state index in [1.807, 2.05) is 13.8 Å². The molecule has 1 N–H and O–H groups in total. The van der Waals surface area contributed by atoms with E-state index >= 15 is 0 Å². The highest BCUT2D eigenvalue weighted by atomic mass is 19.1. The highest BCUT2D eigenvalue weighted by Crippen LogP contribution is 2.13. The van der Waals surface area contributed by atoms with Gasteiger partial charge in [0.1, 0.15) is 0 Å². The molecule has 1 aromatic rings. The Balaban J connectivity index is 1.87. The summed E-state index contributed by atoms with van der Waals surface area (Å²) in [6.45, 7) is 6.47. The average molecular weight is 241 g/mol. The molecule has 1 fully saturated rings. The van der Waals surface area contributed by atoms with Gasteiger partial charge in [-0.25, -0.2) is 4.68 Å². The minimum Gasteiger partial charge on any atom is -0.377 e. The van der Waals surface area contributed by atoms with E-state index in [4.69, 9.17) is 4.74 Å². The summed E-state index contributed by atoms with van der Waals surface area (Å²) < 4.78 is 20.7. The summed E-state index contributed by atoms with van der Waals surface area (Å²) in [6, 6.07) is 0. The van der Waals surface area contributed by atoms with Gasteiger partial charge in [-0.3, -0.25) is 0 Å². The molecule has 1 unspecified atom stereocenters. The Labute approximate surface area is 101 Å². The van der Waals surface area contributed by atoms with Gasteiger partial charge in [-0.1, -0.05) is 0 Å². The molecular weight excluding hydrogens is 221 g/mol. The molecule has 1 aliphatic heterocycles. The van der Waals surface area contributed by atoms with Gasteiger partial charge >= 0.3 is 0 Å². The van der Waals surface area contributed by atoms with Crippen LogP contribution in [-0.2, 0) is 17.8 Å². The number of nitrogens with one attached hydrogen (secondary N) is 1. The number of ether oxygens (including phenoxy) is 1. The Morgan fingerprint density at radius 3 is 3.00 bits per heavy atom. The molecule has 2 heterocycles. The number of hydrogen-bond donors (Lipinski definition) is 1. The molecule has 5 heteroatoms. The van der Waals surface area contributed by atoms with E-state index in [0.29, 0.717) is 24.8 Å². The van der Waals surface area contributed by atoms with E-state index in [-0.39, 0.29) is 5.95 Å². The lowest BCUT2D eigenvalue weighted by Gasteiger charge is -2.10. The molecule has 0 aromatic carbocycles. The smallest absolute Gasteiger partial charge is 0.216 e. The fraction of sp³-hybridized carbons (Fsp3) is 0.750. The monoisotopic (exact) mass is 241 g/mol. The molecular formula is C12H20FN3O. The summed E-state index contributed by atoms with van der Waals surface area (Å²) in [7, 11) is 0. The zero-order valence-electron chi connectivity index (χ0n) is 10.5. The number of hydrogen-bond acceptors (Lipinski definition) is 3. The van der Waals surface area contributed by atoms with Crippen LogP contribution in [0.25, 0.3) is 0 Å². The Kier molecular flexibility index (Phi) is 4.12. The maximum absolute atomic E-state index is 13.8. The summed E-state index contributed by atoms with van der Waals surface area (Å²) in [6.07, 6.45) is 2.52. The van der Waals surface area contributed by atoms with Crippen molar-refractivity contribution in [2.24, 2.45) is 0 Å². The Hall–Kier alpha value is -0.940. The first-order valence-electron chi connectivity index (χ1n) is 6.26. The molecule has 0 saturated carbocycles. The normalized spacial score (nSPS) is 20.1. The Morgan fingerprint density at radius 1 is 1.59 bits per heavy atom. The first-order chi connectivity index (χ1) is 8.22. The van der Waals surface area contributed by atoms with Crippen LogP contribution in [0.2, 0.25) is 0 Å². The molecule has 0 spiro atoms. The van der Waals surface area contributed by atoms with Gasteiger partial charge in [-0.2, -0.15) is 9.49 Å². The van der Waals surface area contributed by atoms with Crippen LogP contribution in [0.5, 0.6) is 0 Å². The van der Waals surface area contributed by atoms with Gasteiger partial charge in [0.05, 0.1) is 11.8 Å². The minimum atomic E-state index is -0.218. The first kappa shape index (κ1) is 12.5. The number of aryl methyl sites for hydroxylation is 2. The van der Waals surface area contributed by atoms with Gasteiger partial charge in [-0.05, 0) is 26.7 Å². The molecule has 4 nitrogen and oxygen atoms in total. The summed E-state index contributed by atoms with van der Waals surface area (Å²) in [5.74, 6) is -0.218. The Morgan fingerprint density at radius 2 is 2.41 bits per heavy atom. The number of nitrogens with zero attached hydrogens (tertiary/aromatic N) is 2. The van der Waals surface area contributed by atoms with Gasteiger partial charge in [0.2, 0.25) is 5.95 Å². The third-order valence-corrected chi connectivity index (χ3v) is 3.18. The van der Waals surface area contributed by atoms with Gasteiger partial charge < -0.3 is 10.1 Å². The molecule has 2 rings (SSSR count). The third-order valence-electron chi connectivity index (χ3n) is 3.18. The fourth-order valence-electron chi connectivity index (χ4n) is 2.16. The molecule has 1 aromatic heterocycles. The summed E-state index contributed by atoms with van der Waals surface area (Å²) in [5.41, 5.74) is 1.44. The van der Waals surface area contributed by atoms with Crippen molar-refractivity contribution < 1.29 is 9.13 Å². The van der Waals surface area contributed by atoms with Gasteiger partial charge in [-0.15, -0.1) is 0 Å². The van der Waals surface area contributed by atoms with Crippen LogP contribution in [0.3, 0.4) is 0 Å². The van der Waals surface area contributed by atoms with Crippen LogP contribution < -0.4 is 5.32 Å². The standard InChI is InChI=1S/C12H20FN3O/c1-3-16-12(13)11(9(2)15-16)8-14-7-10-5-4-6-17-10/h10,14H,3-8H2,1-2H3. The summed E-state index contributed by atoms with van der Waals surface area (Å²) >= 11 is 0. The van der Waals surface area contributed by atoms with Crippen molar-refractivity contribution in [3.05, 3.63) is 17.2 Å². The maximum atomic E-state index is 13.8. The zero-order chi connectivity index (χ0) is 12.3. The second kappa shape index (κ2) is 5.60. The number of rotatable bonds is 5. The van der Waals surface area contributed by atoms with Crippen molar-refractivity contribution in [2.75, 3.05) is 13.2 Å². The molecule has 1 saturated heterocycles. The molecule has 0 aliphatic carbocycles. The minimum absolute atomic E-state index is 0.218. The zero-order valence-corrected chi connectivity index (χ0v) is 10.5. The molecule has 0 bridgehead atoms. The van der Waals surface area contributed by atoms with Crippen LogP contribution >= 0.6 is 0 Å². The van der Waals surface area contributed by atoms with Crippen molar-refractivity contribution in [2.45, 2.75) is 45.9 Å². The topological polar surface area (TPSA) is 39.1 Å². The van der Waals surface area contributed by atoms with E-state index in [9.17, 15) is 4.39 Å². The largest absolute Gasteiger partial charge is 0.377 e. The van der Waals surface area contributed by atoms with Crippen molar-refractivity contribution in [1.29, 1.82) is 0 Å². The second-order valence-corrected chi connectivity index (χ2v) is 4.44. The maximum Gasteiger partial charge on any atom is 0.216 e. The van der Waals surface area contributed by atoms with E-state index in [1.54, 1.807) is 0 Å². The SMILES string of the molecule is CCn1nc(C)c(CNCC2CCCO2)c1F. The van der Waals surface area contributed by atoms with Crippen molar-refractivity contribution >= 4 is 0 Å². The lowest BCUT2D eigenvalue weighted by atomic mass is 10.2. The predicted octanol–water partition coefficient (Wildman–Crippen LogP) is 1.62. The lowest BCUT2D eigenvalue weighted by Crippen LogP contribution is -2.26. The van der Waals surface area contributed by atoms with Gasteiger partial charge in [0.25, 0.3) is 0 Å². The summed E-state index contributed by atoms with van der Waals surface area (Å²) in [4.78, 5) is 0. The molecule has 1 atom stereocenters. The quantitative estimate of drug-likeness (QED) is 0.851. The van der Waals surface area contributed by atoms with E-state index < -0.39 is 0 Å². The van der Waals surface area contributed by atoms with Crippen LogP contribution in [0.15, 0.2) is 0 Å². The lowest BCUT2D eigenvalue weighted by molar-refractivity contribution is 0.110. The molecule has 0 amide bonds. The Bertz CT molecular complexity index is 372. The van der Waals surface area contributed by atoms with Gasteiger partial charge in [0, 0.05) is 31.8 Å². The number of aromatic nitrogens is 2. The van der Waals surface area contributed by atoms with E-state index in [2.05, 4.69) is 10.4 Å². The first-order valence-corrected chi connectivity index (χ1v) is 6.26. The summed E-state index contributed by atoms with van der Waals surface area (Å²) in [5, 5.41) is 7.39. The average Bonchev–Trinajstić information content (AvgIpc) is 2.91. The molecule has 1 aliphatic rings. The van der Waals surface area contributed by atoms with Crippen molar-refractivity contribution in [3.63, 3.8) is 0 Å².